The fraction of sp³-hybridized carbons (Fsp3) is 0.286. The highest BCUT2D eigenvalue weighted by molar-refractivity contribution is 5.60. The number of anilines is 1. The number of hydrogen-bond donors (Lipinski definition) is 1. The molecular weight excluding hydrogens is 210 g/mol. The van der Waals surface area contributed by atoms with Crippen LogP contribution in [0.2, 0.25) is 0 Å². The van der Waals surface area contributed by atoms with Crippen molar-refractivity contribution < 1.29 is 0 Å². The lowest BCUT2D eigenvalue weighted by atomic mass is 10.1. The molecule has 3 heteroatoms. The molecule has 0 aliphatic carbocycles. The Morgan fingerprint density at radius 3 is 2.59 bits per heavy atom. The zero-order chi connectivity index (χ0) is 12.1. The first-order valence-electron chi connectivity index (χ1n) is 5.94. The third-order valence-corrected chi connectivity index (χ3v) is 2.46. The van der Waals surface area contributed by atoms with Gasteiger partial charge in [-0.3, -0.25) is 0 Å². The van der Waals surface area contributed by atoms with Crippen molar-refractivity contribution in [3.8, 4) is 11.3 Å². The molecule has 3 nitrogen and oxygen atoms in total. The zero-order valence-electron chi connectivity index (χ0n) is 10.3. The number of nitrogens with one attached hydrogen (secondary N) is 1. The Morgan fingerprint density at radius 1 is 1.12 bits per heavy atom. The maximum absolute atomic E-state index is 4.52. The highest BCUT2D eigenvalue weighted by Crippen LogP contribution is 2.18. The number of nitrogens with zero attached hydrogens (tertiary/aromatic N) is 2. The summed E-state index contributed by atoms with van der Waals surface area (Å²) in [4.78, 5) is 8.89. The van der Waals surface area contributed by atoms with Crippen molar-refractivity contribution in [3.63, 3.8) is 0 Å². The molecular formula is C14H17N3. The normalized spacial score (nSPS) is 10.2. The molecule has 2 rings (SSSR count). The second-order valence-electron chi connectivity index (χ2n) is 4.01. The lowest BCUT2D eigenvalue weighted by molar-refractivity contribution is 0.947. The highest BCUT2D eigenvalue weighted by atomic mass is 15.1. The predicted molar refractivity (Wildman–Crippen MR) is 71.0 cm³/mol. The van der Waals surface area contributed by atoms with Gasteiger partial charge in [-0.15, -0.1) is 0 Å². The minimum Gasteiger partial charge on any atom is -0.354 e. The van der Waals surface area contributed by atoms with Gasteiger partial charge < -0.3 is 5.32 Å². The molecule has 1 N–H and O–H groups in total. The quantitative estimate of drug-likeness (QED) is 0.871. The summed E-state index contributed by atoms with van der Waals surface area (Å²) in [6.07, 6.45) is 1.07. The minimum atomic E-state index is 0.714. The van der Waals surface area contributed by atoms with Crippen molar-refractivity contribution in [1.29, 1.82) is 0 Å². The molecule has 0 bridgehead atoms. The Kier molecular flexibility index (Phi) is 3.70. The van der Waals surface area contributed by atoms with Gasteiger partial charge in [0.2, 0.25) is 5.95 Å². The summed E-state index contributed by atoms with van der Waals surface area (Å²) in [5.41, 5.74) is 3.08. The molecule has 0 radical (unpaired) electrons. The second-order valence-corrected chi connectivity index (χ2v) is 4.01. The van der Waals surface area contributed by atoms with Crippen molar-refractivity contribution in [1.82, 2.24) is 9.97 Å². The Hall–Kier alpha value is -1.90. The smallest absolute Gasteiger partial charge is 0.223 e. The van der Waals surface area contributed by atoms with Crippen molar-refractivity contribution >= 4 is 5.95 Å². The van der Waals surface area contributed by atoms with E-state index in [0.717, 1.165) is 29.9 Å². The molecule has 1 aromatic heterocycles. The van der Waals surface area contributed by atoms with Crippen LogP contribution in [-0.4, -0.2) is 16.5 Å². The molecule has 0 saturated carbocycles. The van der Waals surface area contributed by atoms with E-state index in [9.17, 15) is 0 Å². The van der Waals surface area contributed by atoms with Crippen LogP contribution < -0.4 is 5.32 Å². The van der Waals surface area contributed by atoms with Gasteiger partial charge in [-0.1, -0.05) is 37.3 Å². The summed E-state index contributed by atoms with van der Waals surface area (Å²) >= 11 is 0. The van der Waals surface area contributed by atoms with Crippen LogP contribution in [0.4, 0.5) is 5.95 Å². The number of aromatic nitrogens is 2. The van der Waals surface area contributed by atoms with Crippen LogP contribution >= 0.6 is 0 Å². The summed E-state index contributed by atoms with van der Waals surface area (Å²) in [6.45, 7) is 5.02. The SMILES string of the molecule is CCCNc1nc(C)cc(-c2ccccc2)n1. The van der Waals surface area contributed by atoms with E-state index in [1.54, 1.807) is 0 Å². The van der Waals surface area contributed by atoms with Crippen molar-refractivity contribution in [3.05, 3.63) is 42.1 Å². The third-order valence-electron chi connectivity index (χ3n) is 2.46. The number of hydrogen-bond acceptors (Lipinski definition) is 3. The molecule has 88 valence electrons. The molecule has 0 unspecified atom stereocenters. The van der Waals surface area contributed by atoms with E-state index < -0.39 is 0 Å². The van der Waals surface area contributed by atoms with Gasteiger partial charge >= 0.3 is 0 Å². The molecule has 2 aromatic rings. The third kappa shape index (κ3) is 3.03. The number of aryl methyl sites for hydroxylation is 1. The number of benzene rings is 1. The van der Waals surface area contributed by atoms with Gasteiger partial charge in [0.1, 0.15) is 0 Å². The molecule has 0 fully saturated rings. The fourth-order valence-corrected chi connectivity index (χ4v) is 1.64. The molecule has 0 spiro atoms. The highest BCUT2D eigenvalue weighted by Gasteiger charge is 2.03. The van der Waals surface area contributed by atoms with Crippen LogP contribution in [0.5, 0.6) is 0 Å². The molecule has 1 heterocycles. The fourth-order valence-electron chi connectivity index (χ4n) is 1.64. The zero-order valence-corrected chi connectivity index (χ0v) is 10.3. The summed E-state index contributed by atoms with van der Waals surface area (Å²) in [5, 5.41) is 3.22. The molecule has 0 aliphatic heterocycles. The summed E-state index contributed by atoms with van der Waals surface area (Å²) in [6, 6.07) is 12.2. The molecule has 0 amide bonds. The summed E-state index contributed by atoms with van der Waals surface area (Å²) in [5.74, 6) is 0.714. The van der Waals surface area contributed by atoms with Gasteiger partial charge in [0.25, 0.3) is 0 Å². The molecule has 17 heavy (non-hydrogen) atoms. The lowest BCUT2D eigenvalue weighted by Crippen LogP contribution is -2.05. The topological polar surface area (TPSA) is 37.8 Å². The van der Waals surface area contributed by atoms with E-state index in [2.05, 4.69) is 34.3 Å². The van der Waals surface area contributed by atoms with E-state index in [4.69, 9.17) is 0 Å². The maximum Gasteiger partial charge on any atom is 0.223 e. The van der Waals surface area contributed by atoms with Crippen molar-refractivity contribution in [2.75, 3.05) is 11.9 Å². The molecule has 0 aliphatic rings. The van der Waals surface area contributed by atoms with Crippen molar-refractivity contribution in [2.45, 2.75) is 20.3 Å². The van der Waals surface area contributed by atoms with E-state index >= 15 is 0 Å². The standard InChI is InChI=1S/C14H17N3/c1-3-9-15-14-16-11(2)10-13(17-14)12-7-5-4-6-8-12/h4-8,10H,3,9H2,1-2H3,(H,15,16,17). The molecule has 1 aromatic carbocycles. The summed E-state index contributed by atoms with van der Waals surface area (Å²) in [7, 11) is 0. The van der Waals surface area contributed by atoms with Crippen LogP contribution in [0.15, 0.2) is 36.4 Å². The monoisotopic (exact) mass is 227 g/mol. The second kappa shape index (κ2) is 5.43. The largest absolute Gasteiger partial charge is 0.354 e. The average Bonchev–Trinajstić information content (AvgIpc) is 2.37. The van der Waals surface area contributed by atoms with E-state index in [-0.39, 0.29) is 0 Å². The first-order valence-corrected chi connectivity index (χ1v) is 5.94. The lowest BCUT2D eigenvalue weighted by Gasteiger charge is -2.07. The minimum absolute atomic E-state index is 0.714. The Labute approximate surface area is 102 Å². The van der Waals surface area contributed by atoms with E-state index in [1.165, 1.54) is 0 Å². The van der Waals surface area contributed by atoms with E-state index in [0.29, 0.717) is 5.95 Å². The van der Waals surface area contributed by atoms with E-state index in [1.807, 2.05) is 31.2 Å². The Morgan fingerprint density at radius 2 is 1.88 bits per heavy atom. The van der Waals surface area contributed by atoms with Gasteiger partial charge in [0.15, 0.2) is 0 Å². The number of rotatable bonds is 4. The van der Waals surface area contributed by atoms with Crippen molar-refractivity contribution in [2.24, 2.45) is 0 Å². The first-order chi connectivity index (χ1) is 8.29. The van der Waals surface area contributed by atoms with Gasteiger partial charge in [0, 0.05) is 17.8 Å². The predicted octanol–water partition coefficient (Wildman–Crippen LogP) is 3.27. The van der Waals surface area contributed by atoms with Crippen LogP contribution in [0, 0.1) is 6.92 Å². The summed E-state index contributed by atoms with van der Waals surface area (Å²) < 4.78 is 0. The van der Waals surface area contributed by atoms with Gasteiger partial charge in [-0.05, 0) is 19.4 Å². The van der Waals surface area contributed by atoms with Crippen LogP contribution in [-0.2, 0) is 0 Å². The van der Waals surface area contributed by atoms with Gasteiger partial charge in [-0.25, -0.2) is 9.97 Å². The van der Waals surface area contributed by atoms with Gasteiger partial charge in [-0.2, -0.15) is 0 Å². The van der Waals surface area contributed by atoms with Crippen LogP contribution in [0.1, 0.15) is 19.0 Å². The Bertz CT molecular complexity index is 480. The average molecular weight is 227 g/mol. The molecule has 0 atom stereocenters. The van der Waals surface area contributed by atoms with Gasteiger partial charge in [0.05, 0.1) is 5.69 Å². The molecule has 0 saturated heterocycles. The first kappa shape index (κ1) is 11.6. The van der Waals surface area contributed by atoms with Crippen LogP contribution in [0.3, 0.4) is 0 Å². The van der Waals surface area contributed by atoms with Crippen LogP contribution in [0.25, 0.3) is 11.3 Å². The Balaban J connectivity index is 2.32. The maximum atomic E-state index is 4.52.